The quantitative estimate of drug-likeness (QED) is 0.846. The number of carbonyl (C=O) groups is 1. The van der Waals surface area contributed by atoms with Crippen LogP contribution in [-0.4, -0.2) is 34.3 Å². The lowest BCUT2D eigenvalue weighted by molar-refractivity contribution is 0.0696. The van der Waals surface area contributed by atoms with E-state index in [4.69, 9.17) is 5.11 Å². The topological polar surface area (TPSA) is 122 Å². The molecule has 2 aromatic rings. The molecule has 0 aliphatic carbocycles. The van der Waals surface area contributed by atoms with Crippen molar-refractivity contribution in [2.75, 3.05) is 4.72 Å². The summed E-state index contributed by atoms with van der Waals surface area (Å²) in [6.45, 7) is 0. The normalized spacial score (nSPS) is 11.2. The number of carboxylic acids is 1. The molecule has 0 atom stereocenters. The van der Waals surface area contributed by atoms with Crippen molar-refractivity contribution in [2.24, 2.45) is 0 Å². The first-order chi connectivity index (χ1) is 8.90. The van der Waals surface area contributed by atoms with Crippen molar-refractivity contribution in [3.05, 3.63) is 29.6 Å². The number of benzene rings is 1. The van der Waals surface area contributed by atoms with Crippen LogP contribution in [0.25, 0.3) is 0 Å². The second-order valence-corrected chi connectivity index (χ2v) is 5.61. The van der Waals surface area contributed by atoms with E-state index in [-0.39, 0.29) is 10.7 Å². The van der Waals surface area contributed by atoms with Crippen LogP contribution in [0.1, 0.15) is 10.4 Å². The van der Waals surface area contributed by atoms with E-state index in [0.717, 1.165) is 12.1 Å². The summed E-state index contributed by atoms with van der Waals surface area (Å²) in [4.78, 5) is 9.93. The van der Waals surface area contributed by atoms with E-state index in [2.05, 4.69) is 14.8 Å². The maximum absolute atomic E-state index is 13.6. The lowest BCUT2D eigenvalue weighted by Gasteiger charge is -2.06. The molecule has 0 saturated carbocycles. The zero-order chi connectivity index (χ0) is 14.0. The fraction of sp³-hybridized carbons (Fsp3) is 0. The van der Waals surface area contributed by atoms with Gasteiger partial charge in [-0.05, 0) is 23.4 Å². The third kappa shape index (κ3) is 2.82. The van der Waals surface area contributed by atoms with Gasteiger partial charge in [-0.3, -0.25) is 4.72 Å². The number of nitrogens with zero attached hydrogens (tertiary/aromatic N) is 3. The summed E-state index contributed by atoms with van der Waals surface area (Å²) >= 11 is 0.679. The van der Waals surface area contributed by atoms with Gasteiger partial charge in [-0.2, -0.15) is 0 Å². The van der Waals surface area contributed by atoms with Crippen molar-refractivity contribution in [3.8, 4) is 0 Å². The average molecular weight is 304 g/mol. The SMILES string of the molecule is O=C(O)c1ccc(S(=O)(=O)Nc2nnns2)c(F)c1. The Morgan fingerprint density at radius 3 is 2.68 bits per heavy atom. The Morgan fingerprint density at radius 2 is 2.16 bits per heavy atom. The van der Waals surface area contributed by atoms with Gasteiger partial charge in [-0.25, -0.2) is 17.6 Å². The minimum Gasteiger partial charge on any atom is -0.478 e. The van der Waals surface area contributed by atoms with E-state index >= 15 is 0 Å². The van der Waals surface area contributed by atoms with E-state index in [1.807, 2.05) is 4.72 Å². The number of halogens is 1. The Morgan fingerprint density at radius 1 is 1.42 bits per heavy atom. The van der Waals surface area contributed by atoms with Crippen molar-refractivity contribution in [2.45, 2.75) is 4.90 Å². The first kappa shape index (κ1) is 13.3. The molecule has 1 aromatic carbocycles. The Kier molecular flexibility index (Phi) is 3.40. The summed E-state index contributed by atoms with van der Waals surface area (Å²) < 4.78 is 42.5. The monoisotopic (exact) mass is 304 g/mol. The maximum atomic E-state index is 13.6. The van der Waals surface area contributed by atoms with Gasteiger partial charge in [0.1, 0.15) is 10.7 Å². The highest BCUT2D eigenvalue weighted by atomic mass is 32.2. The molecule has 0 spiro atoms. The Bertz CT molecular complexity index is 716. The number of rotatable bonds is 4. The van der Waals surface area contributed by atoms with Crippen LogP contribution in [0, 0.1) is 5.82 Å². The van der Waals surface area contributed by atoms with Crippen LogP contribution in [0.2, 0.25) is 0 Å². The molecule has 100 valence electrons. The molecule has 2 rings (SSSR count). The predicted molar refractivity (Wildman–Crippen MR) is 61.9 cm³/mol. The first-order valence-corrected chi connectivity index (χ1v) is 6.86. The molecular formula is C8H5FN4O4S2. The highest BCUT2D eigenvalue weighted by Gasteiger charge is 2.21. The van der Waals surface area contributed by atoms with Gasteiger partial charge >= 0.3 is 5.97 Å². The smallest absolute Gasteiger partial charge is 0.335 e. The molecular weight excluding hydrogens is 299 g/mol. The molecule has 0 bridgehead atoms. The number of hydrogen-bond donors (Lipinski definition) is 2. The van der Waals surface area contributed by atoms with Gasteiger partial charge in [-0.1, -0.05) is 9.59 Å². The summed E-state index contributed by atoms with van der Waals surface area (Å²) in [5.41, 5.74) is -0.353. The summed E-state index contributed by atoms with van der Waals surface area (Å²) in [6.07, 6.45) is 0. The molecule has 0 unspecified atom stereocenters. The molecule has 0 saturated heterocycles. The molecule has 2 N–H and O–H groups in total. The lowest BCUT2D eigenvalue weighted by atomic mass is 10.2. The molecule has 0 amide bonds. The van der Waals surface area contributed by atoms with Gasteiger partial charge in [0, 0.05) is 11.5 Å². The van der Waals surface area contributed by atoms with E-state index in [0.29, 0.717) is 17.6 Å². The molecule has 8 nitrogen and oxygen atoms in total. The Hall–Kier alpha value is -2.14. The molecule has 1 heterocycles. The third-order valence-corrected chi connectivity index (χ3v) is 4.00. The number of aromatic nitrogens is 3. The minimum absolute atomic E-state index is 0.123. The van der Waals surface area contributed by atoms with Crippen LogP contribution in [0.4, 0.5) is 9.52 Å². The second-order valence-electron chi connectivity index (χ2n) is 3.22. The molecule has 0 radical (unpaired) electrons. The second kappa shape index (κ2) is 4.85. The van der Waals surface area contributed by atoms with E-state index in [1.165, 1.54) is 0 Å². The number of aromatic carboxylic acids is 1. The number of nitrogens with one attached hydrogen (secondary N) is 1. The molecule has 0 aliphatic heterocycles. The number of anilines is 1. The van der Waals surface area contributed by atoms with Crippen LogP contribution < -0.4 is 4.72 Å². The lowest BCUT2D eigenvalue weighted by Crippen LogP contribution is -2.15. The van der Waals surface area contributed by atoms with E-state index in [9.17, 15) is 17.6 Å². The van der Waals surface area contributed by atoms with Gasteiger partial charge in [0.15, 0.2) is 0 Å². The van der Waals surface area contributed by atoms with Gasteiger partial charge in [0.05, 0.1) is 5.56 Å². The van der Waals surface area contributed by atoms with Gasteiger partial charge in [-0.15, -0.1) is 0 Å². The van der Waals surface area contributed by atoms with Crippen molar-refractivity contribution < 1.29 is 22.7 Å². The average Bonchev–Trinajstić information content (AvgIpc) is 2.80. The molecule has 0 fully saturated rings. The summed E-state index contributed by atoms with van der Waals surface area (Å²) in [7, 11) is -4.21. The highest BCUT2D eigenvalue weighted by molar-refractivity contribution is 7.93. The van der Waals surface area contributed by atoms with Crippen molar-refractivity contribution in [1.82, 2.24) is 14.8 Å². The number of sulfonamides is 1. The predicted octanol–water partition coefficient (Wildman–Crippen LogP) is 0.571. The zero-order valence-corrected chi connectivity index (χ0v) is 10.6. The first-order valence-electron chi connectivity index (χ1n) is 4.61. The molecule has 0 aliphatic rings. The van der Waals surface area contributed by atoms with Crippen LogP contribution in [0.3, 0.4) is 0 Å². The van der Waals surface area contributed by atoms with E-state index < -0.39 is 26.7 Å². The standard InChI is InChI=1S/C8H5FN4O4S2/c9-5-3-4(7(14)15)1-2-6(5)19(16,17)11-8-10-12-13-18-8/h1-3H,(H,14,15)(H,10,11,13). The van der Waals surface area contributed by atoms with Crippen LogP contribution in [0.5, 0.6) is 0 Å². The van der Waals surface area contributed by atoms with E-state index in [1.54, 1.807) is 0 Å². The largest absolute Gasteiger partial charge is 0.478 e. The highest BCUT2D eigenvalue weighted by Crippen LogP contribution is 2.19. The summed E-state index contributed by atoms with van der Waals surface area (Å²) in [5, 5.41) is 15.1. The summed E-state index contributed by atoms with van der Waals surface area (Å²) in [6, 6.07) is 2.46. The van der Waals surface area contributed by atoms with Crippen molar-refractivity contribution in [1.29, 1.82) is 0 Å². The molecule has 1 aromatic heterocycles. The van der Waals surface area contributed by atoms with Crippen molar-refractivity contribution >= 4 is 32.7 Å². The molecule has 19 heavy (non-hydrogen) atoms. The third-order valence-electron chi connectivity index (χ3n) is 1.99. The minimum atomic E-state index is -4.21. The maximum Gasteiger partial charge on any atom is 0.335 e. The Labute approximate surface area is 110 Å². The van der Waals surface area contributed by atoms with Crippen LogP contribution in [-0.2, 0) is 10.0 Å². The van der Waals surface area contributed by atoms with Crippen molar-refractivity contribution in [3.63, 3.8) is 0 Å². The fourth-order valence-electron chi connectivity index (χ4n) is 1.19. The number of hydrogen-bond acceptors (Lipinski definition) is 7. The Balaban J connectivity index is 2.38. The zero-order valence-electron chi connectivity index (χ0n) is 8.94. The summed E-state index contributed by atoms with van der Waals surface area (Å²) in [5.74, 6) is -2.53. The van der Waals surface area contributed by atoms with Gasteiger partial charge in [0.2, 0.25) is 5.13 Å². The van der Waals surface area contributed by atoms with Crippen LogP contribution in [0.15, 0.2) is 23.1 Å². The van der Waals surface area contributed by atoms with Crippen LogP contribution >= 0.6 is 11.5 Å². The van der Waals surface area contributed by atoms with Gasteiger partial charge in [0.25, 0.3) is 10.0 Å². The number of carboxylic acid groups (broad SMARTS) is 1. The molecule has 11 heteroatoms. The van der Waals surface area contributed by atoms with Gasteiger partial charge < -0.3 is 5.11 Å². The fourth-order valence-corrected chi connectivity index (χ4v) is 2.84.